The lowest BCUT2D eigenvalue weighted by atomic mass is 9.68. The van der Waals surface area contributed by atoms with Gasteiger partial charge in [0.25, 0.3) is 0 Å². The molecule has 1 aromatic carbocycles. The third-order valence-corrected chi connectivity index (χ3v) is 5.40. The first-order chi connectivity index (χ1) is 10.2. The summed E-state index contributed by atoms with van der Waals surface area (Å²) >= 11 is 0. The molecule has 2 fully saturated rings. The molecule has 3 rings (SSSR count). The minimum atomic E-state index is -0.188. The lowest BCUT2D eigenvalue weighted by molar-refractivity contribution is 0.0636. The number of nitriles is 1. The highest BCUT2D eigenvalue weighted by molar-refractivity contribution is 5.33. The number of benzene rings is 1. The van der Waals surface area contributed by atoms with Gasteiger partial charge in [-0.2, -0.15) is 5.26 Å². The van der Waals surface area contributed by atoms with Crippen LogP contribution in [0.4, 0.5) is 4.39 Å². The molecule has 3 heteroatoms. The van der Waals surface area contributed by atoms with Crippen LogP contribution >= 0.6 is 0 Å². The van der Waals surface area contributed by atoms with Gasteiger partial charge in [-0.1, -0.05) is 19.3 Å². The van der Waals surface area contributed by atoms with Gasteiger partial charge in [-0.05, 0) is 62.4 Å². The summed E-state index contributed by atoms with van der Waals surface area (Å²) in [5.74, 6) is -0.188. The van der Waals surface area contributed by atoms with Crippen molar-refractivity contribution in [1.29, 1.82) is 5.26 Å². The standard InChI is InChI=1S/C18H23FN2/c19-17-5-4-15(13-20)12-16(17)14-21-10-8-18(9-11-21)6-2-1-3-7-18/h4-5,12H,1-3,6-11,14H2. The van der Waals surface area contributed by atoms with Crippen LogP contribution < -0.4 is 0 Å². The number of piperidine rings is 1. The van der Waals surface area contributed by atoms with Crippen molar-refractivity contribution >= 4 is 0 Å². The van der Waals surface area contributed by atoms with Crippen LogP contribution in [0.1, 0.15) is 56.1 Å². The molecular weight excluding hydrogens is 263 g/mol. The Morgan fingerprint density at radius 1 is 1.10 bits per heavy atom. The molecule has 1 aliphatic carbocycles. The molecule has 0 unspecified atom stereocenters. The molecule has 1 saturated carbocycles. The maximum Gasteiger partial charge on any atom is 0.127 e. The van der Waals surface area contributed by atoms with Crippen molar-refractivity contribution < 1.29 is 4.39 Å². The van der Waals surface area contributed by atoms with Gasteiger partial charge in [0.2, 0.25) is 0 Å². The molecule has 1 aromatic rings. The summed E-state index contributed by atoms with van der Waals surface area (Å²) in [6, 6.07) is 6.75. The van der Waals surface area contributed by atoms with Gasteiger partial charge in [0.1, 0.15) is 5.82 Å². The topological polar surface area (TPSA) is 27.0 Å². The average Bonchev–Trinajstić information content (AvgIpc) is 2.53. The van der Waals surface area contributed by atoms with E-state index in [-0.39, 0.29) is 5.82 Å². The fraction of sp³-hybridized carbons (Fsp3) is 0.611. The van der Waals surface area contributed by atoms with Gasteiger partial charge >= 0.3 is 0 Å². The predicted molar refractivity (Wildman–Crippen MR) is 81.1 cm³/mol. The Labute approximate surface area is 126 Å². The first-order valence-electron chi connectivity index (χ1n) is 8.12. The summed E-state index contributed by atoms with van der Waals surface area (Å²) in [4.78, 5) is 2.35. The molecule has 21 heavy (non-hydrogen) atoms. The Hall–Kier alpha value is -1.40. The second kappa shape index (κ2) is 6.15. The van der Waals surface area contributed by atoms with E-state index < -0.39 is 0 Å². The molecule has 1 heterocycles. The van der Waals surface area contributed by atoms with Crippen molar-refractivity contribution in [1.82, 2.24) is 4.90 Å². The van der Waals surface area contributed by atoms with Crippen LogP contribution in [0.15, 0.2) is 18.2 Å². The van der Waals surface area contributed by atoms with Gasteiger partial charge < -0.3 is 0 Å². The summed E-state index contributed by atoms with van der Waals surface area (Å²) in [6.07, 6.45) is 9.46. The van der Waals surface area contributed by atoms with E-state index in [0.717, 1.165) is 13.1 Å². The zero-order chi connectivity index (χ0) is 14.7. The first-order valence-corrected chi connectivity index (χ1v) is 8.12. The molecule has 2 nitrogen and oxygen atoms in total. The van der Waals surface area contributed by atoms with E-state index in [1.165, 1.54) is 51.0 Å². The third kappa shape index (κ3) is 3.27. The Kier molecular flexibility index (Phi) is 4.26. The van der Waals surface area contributed by atoms with Crippen LogP contribution in [0.5, 0.6) is 0 Å². The van der Waals surface area contributed by atoms with Crippen LogP contribution in [-0.4, -0.2) is 18.0 Å². The molecule has 1 spiro atoms. The predicted octanol–water partition coefficient (Wildman–Crippen LogP) is 4.24. The van der Waals surface area contributed by atoms with Gasteiger partial charge in [-0.15, -0.1) is 0 Å². The average molecular weight is 286 g/mol. The van der Waals surface area contributed by atoms with Crippen molar-refractivity contribution in [2.24, 2.45) is 5.41 Å². The minimum Gasteiger partial charge on any atom is -0.299 e. The van der Waals surface area contributed by atoms with Crippen LogP contribution in [0.2, 0.25) is 0 Å². The number of hydrogen-bond acceptors (Lipinski definition) is 2. The summed E-state index contributed by atoms with van der Waals surface area (Å²) < 4.78 is 13.9. The molecule has 0 N–H and O–H groups in total. The Morgan fingerprint density at radius 3 is 2.48 bits per heavy atom. The van der Waals surface area contributed by atoms with E-state index in [2.05, 4.69) is 11.0 Å². The molecule has 1 aliphatic heterocycles. The highest BCUT2D eigenvalue weighted by Crippen LogP contribution is 2.44. The maximum absolute atomic E-state index is 13.9. The lowest BCUT2D eigenvalue weighted by Gasteiger charge is -2.44. The molecule has 0 aromatic heterocycles. The lowest BCUT2D eigenvalue weighted by Crippen LogP contribution is -2.40. The molecule has 0 amide bonds. The second-order valence-corrected chi connectivity index (χ2v) is 6.75. The number of likely N-dealkylation sites (tertiary alicyclic amines) is 1. The van der Waals surface area contributed by atoms with E-state index in [0.29, 0.717) is 23.1 Å². The largest absolute Gasteiger partial charge is 0.299 e. The zero-order valence-electron chi connectivity index (χ0n) is 12.6. The maximum atomic E-state index is 13.9. The van der Waals surface area contributed by atoms with Crippen LogP contribution in [-0.2, 0) is 6.54 Å². The fourth-order valence-electron chi connectivity index (χ4n) is 3.99. The van der Waals surface area contributed by atoms with Crippen LogP contribution in [0.25, 0.3) is 0 Å². The zero-order valence-corrected chi connectivity index (χ0v) is 12.6. The Bertz CT molecular complexity index is 531. The number of nitrogens with zero attached hydrogens (tertiary/aromatic N) is 2. The van der Waals surface area contributed by atoms with Crippen molar-refractivity contribution in [3.05, 3.63) is 35.1 Å². The SMILES string of the molecule is N#Cc1ccc(F)c(CN2CCC3(CCCCC3)CC2)c1. The molecule has 0 bridgehead atoms. The van der Waals surface area contributed by atoms with Crippen molar-refractivity contribution in [2.75, 3.05) is 13.1 Å². The molecule has 0 atom stereocenters. The van der Waals surface area contributed by atoms with Gasteiger partial charge in [0, 0.05) is 12.1 Å². The number of hydrogen-bond donors (Lipinski definition) is 0. The monoisotopic (exact) mass is 286 g/mol. The van der Waals surface area contributed by atoms with Gasteiger partial charge in [0.15, 0.2) is 0 Å². The van der Waals surface area contributed by atoms with Crippen LogP contribution in [0, 0.1) is 22.6 Å². The van der Waals surface area contributed by atoms with E-state index in [1.54, 1.807) is 12.1 Å². The normalized spacial score (nSPS) is 22.1. The Morgan fingerprint density at radius 2 is 1.81 bits per heavy atom. The summed E-state index contributed by atoms with van der Waals surface area (Å²) in [5, 5.41) is 8.94. The number of rotatable bonds is 2. The fourth-order valence-corrected chi connectivity index (χ4v) is 3.99. The minimum absolute atomic E-state index is 0.188. The molecule has 0 radical (unpaired) electrons. The van der Waals surface area contributed by atoms with E-state index in [1.807, 2.05) is 0 Å². The van der Waals surface area contributed by atoms with Gasteiger partial charge in [-0.25, -0.2) is 4.39 Å². The van der Waals surface area contributed by atoms with Gasteiger partial charge in [-0.3, -0.25) is 4.90 Å². The van der Waals surface area contributed by atoms with Gasteiger partial charge in [0.05, 0.1) is 11.6 Å². The third-order valence-electron chi connectivity index (χ3n) is 5.40. The number of halogens is 1. The molecular formula is C18H23FN2. The van der Waals surface area contributed by atoms with E-state index in [9.17, 15) is 4.39 Å². The first kappa shape index (κ1) is 14.5. The Balaban J connectivity index is 1.62. The van der Waals surface area contributed by atoms with E-state index in [4.69, 9.17) is 5.26 Å². The summed E-state index contributed by atoms with van der Waals surface area (Å²) in [7, 11) is 0. The van der Waals surface area contributed by atoms with Crippen molar-refractivity contribution in [3.8, 4) is 6.07 Å². The smallest absolute Gasteiger partial charge is 0.127 e. The van der Waals surface area contributed by atoms with Crippen LogP contribution in [0.3, 0.4) is 0 Å². The molecule has 1 saturated heterocycles. The second-order valence-electron chi connectivity index (χ2n) is 6.75. The highest BCUT2D eigenvalue weighted by atomic mass is 19.1. The quantitative estimate of drug-likeness (QED) is 0.813. The van der Waals surface area contributed by atoms with Crippen molar-refractivity contribution in [2.45, 2.75) is 51.5 Å². The van der Waals surface area contributed by atoms with Crippen molar-refractivity contribution in [3.63, 3.8) is 0 Å². The molecule has 2 aliphatic rings. The molecule has 112 valence electrons. The summed E-state index contributed by atoms with van der Waals surface area (Å²) in [5.41, 5.74) is 1.79. The summed E-state index contributed by atoms with van der Waals surface area (Å²) in [6.45, 7) is 2.77. The van der Waals surface area contributed by atoms with E-state index >= 15 is 0 Å². The highest BCUT2D eigenvalue weighted by Gasteiger charge is 2.35.